The van der Waals surface area contributed by atoms with Gasteiger partial charge in [0.05, 0.1) is 12.6 Å². The number of phenols is 1. The maximum Gasteiger partial charge on any atom is 0.121 e. The smallest absolute Gasteiger partial charge is 0.121 e. The lowest BCUT2D eigenvalue weighted by atomic mass is 10.1. The summed E-state index contributed by atoms with van der Waals surface area (Å²) in [5.74, 6) is 1.67. The van der Waals surface area contributed by atoms with Crippen molar-refractivity contribution >= 4 is 5.69 Å². The highest BCUT2D eigenvalue weighted by atomic mass is 16.5. The molecule has 0 radical (unpaired) electrons. The maximum atomic E-state index is 9.89. The minimum Gasteiger partial charge on any atom is -0.508 e. The molecule has 2 aromatic carbocycles. The lowest BCUT2D eigenvalue weighted by Gasteiger charge is -2.17. The lowest BCUT2D eigenvalue weighted by Crippen LogP contribution is -2.08. The molecular weight excluding hydrogens is 262 g/mol. The first-order valence-corrected chi connectivity index (χ1v) is 7.33. The molecule has 2 N–H and O–H groups in total. The summed E-state index contributed by atoms with van der Waals surface area (Å²) in [6, 6.07) is 15.3. The van der Waals surface area contributed by atoms with Gasteiger partial charge in [-0.05, 0) is 31.0 Å². The average molecular weight is 285 g/mol. The molecule has 0 fully saturated rings. The molecule has 1 unspecified atom stereocenters. The molecule has 0 amide bonds. The van der Waals surface area contributed by atoms with Crippen LogP contribution in [0.2, 0.25) is 0 Å². The third-order valence-corrected chi connectivity index (χ3v) is 3.20. The van der Waals surface area contributed by atoms with Crippen LogP contribution in [0.15, 0.2) is 48.5 Å². The minimum atomic E-state index is 0.0200. The number of benzene rings is 2. The van der Waals surface area contributed by atoms with Gasteiger partial charge in [0.15, 0.2) is 0 Å². The fraction of sp³-hybridized carbons (Fsp3) is 0.333. The third-order valence-electron chi connectivity index (χ3n) is 3.20. The van der Waals surface area contributed by atoms with Crippen molar-refractivity contribution in [1.29, 1.82) is 0 Å². The van der Waals surface area contributed by atoms with E-state index in [0.29, 0.717) is 18.3 Å². The van der Waals surface area contributed by atoms with Crippen LogP contribution in [0.4, 0.5) is 5.69 Å². The van der Waals surface area contributed by atoms with Crippen molar-refractivity contribution in [3.8, 4) is 11.5 Å². The number of phenolic OH excluding ortho intramolecular Hbond substituents is 1. The van der Waals surface area contributed by atoms with Gasteiger partial charge in [-0.2, -0.15) is 0 Å². The standard InChI is InChI=1S/C18H23NO2/c1-13(2)12-21-16-8-6-7-15(11-16)19-14(3)17-9-4-5-10-18(17)20/h4-11,13-14,19-20H,12H2,1-3H3. The van der Waals surface area contributed by atoms with Gasteiger partial charge in [-0.3, -0.25) is 0 Å². The molecule has 0 saturated heterocycles. The summed E-state index contributed by atoms with van der Waals surface area (Å²) in [7, 11) is 0. The van der Waals surface area contributed by atoms with Gasteiger partial charge in [-0.15, -0.1) is 0 Å². The molecule has 21 heavy (non-hydrogen) atoms. The van der Waals surface area contributed by atoms with E-state index in [-0.39, 0.29) is 6.04 Å². The molecule has 0 bridgehead atoms. The number of nitrogens with one attached hydrogen (secondary N) is 1. The van der Waals surface area contributed by atoms with Gasteiger partial charge >= 0.3 is 0 Å². The van der Waals surface area contributed by atoms with Gasteiger partial charge in [-0.25, -0.2) is 0 Å². The van der Waals surface area contributed by atoms with Crippen molar-refractivity contribution in [3.63, 3.8) is 0 Å². The topological polar surface area (TPSA) is 41.5 Å². The first-order valence-electron chi connectivity index (χ1n) is 7.33. The average Bonchev–Trinajstić information content (AvgIpc) is 2.46. The van der Waals surface area contributed by atoms with Crippen molar-refractivity contribution in [2.75, 3.05) is 11.9 Å². The second kappa shape index (κ2) is 7.02. The van der Waals surface area contributed by atoms with Crippen molar-refractivity contribution in [2.24, 2.45) is 5.92 Å². The van der Waals surface area contributed by atoms with Crippen molar-refractivity contribution in [1.82, 2.24) is 0 Å². The van der Waals surface area contributed by atoms with E-state index in [4.69, 9.17) is 4.74 Å². The van der Waals surface area contributed by atoms with Crippen LogP contribution in [-0.2, 0) is 0 Å². The molecule has 0 saturated carbocycles. The largest absolute Gasteiger partial charge is 0.508 e. The van der Waals surface area contributed by atoms with Gasteiger partial charge in [0.25, 0.3) is 0 Å². The molecule has 112 valence electrons. The number of aromatic hydroxyl groups is 1. The van der Waals surface area contributed by atoms with Crippen LogP contribution >= 0.6 is 0 Å². The molecule has 2 aromatic rings. The fourth-order valence-electron chi connectivity index (χ4n) is 2.12. The molecule has 3 heteroatoms. The Hall–Kier alpha value is -2.16. The number of rotatable bonds is 6. The highest BCUT2D eigenvalue weighted by Gasteiger charge is 2.09. The maximum absolute atomic E-state index is 9.89. The molecule has 0 aliphatic rings. The number of anilines is 1. The van der Waals surface area contributed by atoms with Gasteiger partial charge in [0.1, 0.15) is 11.5 Å². The SMILES string of the molecule is CC(C)COc1cccc(NC(C)c2ccccc2O)c1. The van der Waals surface area contributed by atoms with E-state index in [1.807, 2.05) is 49.4 Å². The molecule has 0 aliphatic carbocycles. The summed E-state index contributed by atoms with van der Waals surface area (Å²) in [6.45, 7) is 6.99. The Morgan fingerprint density at radius 3 is 2.52 bits per heavy atom. The zero-order valence-corrected chi connectivity index (χ0v) is 12.8. The van der Waals surface area contributed by atoms with E-state index in [2.05, 4.69) is 19.2 Å². The zero-order chi connectivity index (χ0) is 15.2. The number of hydrogen-bond acceptors (Lipinski definition) is 3. The van der Waals surface area contributed by atoms with Gasteiger partial charge in [-0.1, -0.05) is 38.1 Å². The summed E-state index contributed by atoms with van der Waals surface area (Å²) >= 11 is 0. The molecule has 0 aliphatic heterocycles. The van der Waals surface area contributed by atoms with E-state index in [1.54, 1.807) is 6.07 Å². The Bertz CT molecular complexity index is 581. The predicted molar refractivity (Wildman–Crippen MR) is 86.9 cm³/mol. The molecular formula is C18H23NO2. The number of hydrogen-bond donors (Lipinski definition) is 2. The van der Waals surface area contributed by atoms with Crippen molar-refractivity contribution in [3.05, 3.63) is 54.1 Å². The number of para-hydroxylation sites is 1. The quantitative estimate of drug-likeness (QED) is 0.815. The van der Waals surface area contributed by atoms with Crippen LogP contribution < -0.4 is 10.1 Å². The Labute approximate surface area is 126 Å². The Balaban J connectivity index is 2.05. The summed E-state index contributed by atoms with van der Waals surface area (Å²) in [5, 5.41) is 13.3. The summed E-state index contributed by atoms with van der Waals surface area (Å²) < 4.78 is 5.73. The van der Waals surface area contributed by atoms with E-state index in [1.165, 1.54) is 0 Å². The highest BCUT2D eigenvalue weighted by molar-refractivity contribution is 5.51. The molecule has 1 atom stereocenters. The second-order valence-corrected chi connectivity index (χ2v) is 5.66. The molecule has 0 aromatic heterocycles. The van der Waals surface area contributed by atoms with Crippen LogP contribution in [0.5, 0.6) is 11.5 Å². The van der Waals surface area contributed by atoms with E-state index in [9.17, 15) is 5.11 Å². The summed E-state index contributed by atoms with van der Waals surface area (Å²) in [4.78, 5) is 0. The van der Waals surface area contributed by atoms with Gasteiger partial charge in [0, 0.05) is 17.3 Å². The van der Waals surface area contributed by atoms with Crippen LogP contribution in [0, 0.1) is 5.92 Å². The molecule has 0 heterocycles. The van der Waals surface area contributed by atoms with Crippen LogP contribution in [0.25, 0.3) is 0 Å². The number of ether oxygens (including phenoxy) is 1. The Kier molecular flexibility index (Phi) is 5.09. The Morgan fingerprint density at radius 2 is 1.81 bits per heavy atom. The monoisotopic (exact) mass is 285 g/mol. The second-order valence-electron chi connectivity index (χ2n) is 5.66. The normalized spacial score (nSPS) is 12.2. The molecule has 2 rings (SSSR count). The van der Waals surface area contributed by atoms with E-state index < -0.39 is 0 Å². The highest BCUT2D eigenvalue weighted by Crippen LogP contribution is 2.27. The fourth-order valence-corrected chi connectivity index (χ4v) is 2.12. The Morgan fingerprint density at radius 1 is 1.05 bits per heavy atom. The van der Waals surface area contributed by atoms with Crippen LogP contribution in [-0.4, -0.2) is 11.7 Å². The summed E-state index contributed by atoms with van der Waals surface area (Å²) in [5.41, 5.74) is 1.86. The van der Waals surface area contributed by atoms with Crippen LogP contribution in [0.1, 0.15) is 32.4 Å². The third kappa shape index (κ3) is 4.42. The van der Waals surface area contributed by atoms with Crippen molar-refractivity contribution < 1.29 is 9.84 Å². The first-order chi connectivity index (χ1) is 10.1. The van der Waals surface area contributed by atoms with Crippen molar-refractivity contribution in [2.45, 2.75) is 26.8 Å². The molecule has 0 spiro atoms. The lowest BCUT2D eigenvalue weighted by molar-refractivity contribution is 0.271. The predicted octanol–water partition coefficient (Wildman–Crippen LogP) is 4.60. The minimum absolute atomic E-state index is 0.0200. The van der Waals surface area contributed by atoms with Gasteiger partial charge < -0.3 is 15.2 Å². The summed E-state index contributed by atoms with van der Waals surface area (Å²) in [6.07, 6.45) is 0. The molecule has 3 nitrogen and oxygen atoms in total. The van der Waals surface area contributed by atoms with E-state index >= 15 is 0 Å². The zero-order valence-electron chi connectivity index (χ0n) is 12.8. The van der Waals surface area contributed by atoms with Gasteiger partial charge in [0.2, 0.25) is 0 Å². The van der Waals surface area contributed by atoms with Crippen LogP contribution in [0.3, 0.4) is 0 Å². The van der Waals surface area contributed by atoms with E-state index in [0.717, 1.165) is 17.0 Å². The first kappa shape index (κ1) is 15.2.